The van der Waals surface area contributed by atoms with Crippen molar-refractivity contribution in [2.75, 3.05) is 27.2 Å². The zero-order chi connectivity index (χ0) is 36.1. The summed E-state index contributed by atoms with van der Waals surface area (Å²) in [6, 6.07) is 0. The fraction of sp³-hybridized carbons (Fsp3) is 1.00. The monoisotopic (exact) mass is 706 g/mol. The molecule has 1 aliphatic rings. The maximum absolute atomic E-state index is 6.72. The molecule has 1 rings (SSSR count). The smallest absolute Gasteiger partial charge is 0.168 e. The molecule has 0 amide bonds. The molecule has 1 atom stereocenters. The molecule has 0 saturated carbocycles. The van der Waals surface area contributed by atoms with Gasteiger partial charge < -0.3 is 14.4 Å². The zero-order valence-electron chi connectivity index (χ0n) is 35.3. The van der Waals surface area contributed by atoms with Crippen LogP contribution >= 0.6 is 0 Å². The highest BCUT2D eigenvalue weighted by Gasteiger charge is 2.40. The van der Waals surface area contributed by atoms with Crippen LogP contribution in [0, 0.1) is 0 Å². The Morgan fingerprint density at radius 3 is 0.920 bits per heavy atom. The second-order valence-corrected chi connectivity index (χ2v) is 17.1. The van der Waals surface area contributed by atoms with E-state index in [1.165, 1.54) is 231 Å². The number of hydrogen-bond donors (Lipinski definition) is 0. The van der Waals surface area contributed by atoms with Crippen molar-refractivity contribution in [2.24, 2.45) is 0 Å². The van der Waals surface area contributed by atoms with Gasteiger partial charge in [-0.2, -0.15) is 0 Å². The van der Waals surface area contributed by atoms with Crippen LogP contribution in [0.2, 0.25) is 0 Å². The van der Waals surface area contributed by atoms with Gasteiger partial charge in [0.05, 0.1) is 12.7 Å². The summed E-state index contributed by atoms with van der Waals surface area (Å²) in [5.74, 6) is -0.291. The third-order valence-corrected chi connectivity index (χ3v) is 11.6. The molecule has 50 heavy (non-hydrogen) atoms. The highest BCUT2D eigenvalue weighted by atomic mass is 16.7. The molecular weight excluding hydrogens is 611 g/mol. The Kier molecular flexibility index (Phi) is 35.6. The van der Waals surface area contributed by atoms with Crippen LogP contribution < -0.4 is 0 Å². The van der Waals surface area contributed by atoms with Crippen molar-refractivity contribution in [3.05, 3.63) is 0 Å². The average molecular weight is 706 g/mol. The van der Waals surface area contributed by atoms with Crippen LogP contribution in [0.15, 0.2) is 0 Å². The van der Waals surface area contributed by atoms with E-state index in [0.717, 1.165) is 32.4 Å². The minimum atomic E-state index is -0.291. The van der Waals surface area contributed by atoms with Crippen LogP contribution in [0.5, 0.6) is 0 Å². The fourth-order valence-electron chi connectivity index (χ4n) is 8.14. The highest BCUT2D eigenvalue weighted by Crippen LogP contribution is 2.35. The summed E-state index contributed by atoms with van der Waals surface area (Å²) >= 11 is 0. The van der Waals surface area contributed by atoms with Gasteiger partial charge in [-0.05, 0) is 33.4 Å². The van der Waals surface area contributed by atoms with Gasteiger partial charge in [-0.1, -0.05) is 232 Å². The van der Waals surface area contributed by atoms with E-state index >= 15 is 0 Å². The predicted molar refractivity (Wildman–Crippen MR) is 224 cm³/mol. The van der Waals surface area contributed by atoms with E-state index in [-0.39, 0.29) is 11.9 Å². The lowest BCUT2D eigenvalue weighted by atomic mass is 9.98. The number of nitrogens with zero attached hydrogens (tertiary/aromatic N) is 1. The molecule has 3 nitrogen and oxygen atoms in total. The minimum Gasteiger partial charge on any atom is -0.347 e. The quantitative estimate of drug-likeness (QED) is 0.0591. The molecule has 0 aromatic heterocycles. The van der Waals surface area contributed by atoms with Gasteiger partial charge >= 0.3 is 0 Å². The largest absolute Gasteiger partial charge is 0.347 e. The summed E-state index contributed by atoms with van der Waals surface area (Å²) < 4.78 is 13.2. The van der Waals surface area contributed by atoms with Crippen molar-refractivity contribution >= 4 is 0 Å². The number of hydrogen-bond acceptors (Lipinski definition) is 3. The van der Waals surface area contributed by atoms with E-state index in [2.05, 4.69) is 32.8 Å². The Bertz CT molecular complexity index is 611. The highest BCUT2D eigenvalue weighted by molar-refractivity contribution is 4.80. The molecule has 1 heterocycles. The van der Waals surface area contributed by atoms with Crippen LogP contribution in [0.4, 0.5) is 0 Å². The van der Waals surface area contributed by atoms with Gasteiger partial charge in [0.25, 0.3) is 0 Å². The maximum Gasteiger partial charge on any atom is 0.168 e. The number of unbranched alkanes of at least 4 members (excludes halogenated alkanes) is 34. The van der Waals surface area contributed by atoms with Crippen molar-refractivity contribution in [2.45, 2.75) is 276 Å². The normalized spacial score (nSPS) is 15.9. The molecule has 0 aromatic rings. The first-order chi connectivity index (χ1) is 24.6. The minimum absolute atomic E-state index is 0.281. The molecule has 0 N–H and O–H groups in total. The van der Waals surface area contributed by atoms with Crippen molar-refractivity contribution in [3.63, 3.8) is 0 Å². The molecule has 3 heteroatoms. The van der Waals surface area contributed by atoms with Crippen LogP contribution in [-0.4, -0.2) is 44.0 Å². The van der Waals surface area contributed by atoms with Gasteiger partial charge in [-0.3, -0.25) is 0 Å². The van der Waals surface area contributed by atoms with E-state index in [0.29, 0.717) is 0 Å². The summed E-state index contributed by atoms with van der Waals surface area (Å²) in [7, 11) is 4.33. The zero-order valence-corrected chi connectivity index (χ0v) is 35.3. The van der Waals surface area contributed by atoms with Gasteiger partial charge in [0, 0.05) is 19.4 Å². The van der Waals surface area contributed by atoms with E-state index in [4.69, 9.17) is 9.47 Å². The first kappa shape index (κ1) is 47.9. The lowest BCUT2D eigenvalue weighted by Crippen LogP contribution is -2.31. The second kappa shape index (κ2) is 37.2. The SMILES string of the molecule is CCCCCCCCCCCCCCCCCCCCC1(CCCCCCCCCCCCCCCCCCCC)OCC(CCN(C)C)O1. The molecular formula is C47H95NO2. The van der Waals surface area contributed by atoms with Crippen molar-refractivity contribution in [1.29, 1.82) is 0 Å². The molecule has 300 valence electrons. The van der Waals surface area contributed by atoms with Crippen molar-refractivity contribution in [3.8, 4) is 0 Å². The van der Waals surface area contributed by atoms with E-state index in [9.17, 15) is 0 Å². The summed E-state index contributed by atoms with van der Waals surface area (Å²) in [6.07, 6.45) is 55.0. The number of ether oxygens (including phenoxy) is 2. The van der Waals surface area contributed by atoms with Crippen LogP contribution in [0.1, 0.15) is 264 Å². The average Bonchev–Trinajstić information content (AvgIpc) is 3.52. The van der Waals surface area contributed by atoms with E-state index in [1.54, 1.807) is 0 Å². The van der Waals surface area contributed by atoms with Crippen molar-refractivity contribution in [1.82, 2.24) is 4.90 Å². The van der Waals surface area contributed by atoms with Crippen LogP contribution in [0.25, 0.3) is 0 Å². The fourth-order valence-corrected chi connectivity index (χ4v) is 8.14. The molecule has 0 aliphatic carbocycles. The molecule has 0 bridgehead atoms. The van der Waals surface area contributed by atoms with E-state index in [1.807, 2.05) is 0 Å². The van der Waals surface area contributed by atoms with Gasteiger partial charge in [0.2, 0.25) is 0 Å². The van der Waals surface area contributed by atoms with Gasteiger partial charge in [-0.25, -0.2) is 0 Å². The topological polar surface area (TPSA) is 21.7 Å². The first-order valence-electron chi connectivity index (χ1n) is 23.6. The molecule has 0 aromatic carbocycles. The third kappa shape index (κ3) is 31.4. The van der Waals surface area contributed by atoms with Gasteiger partial charge in [0.1, 0.15) is 0 Å². The number of rotatable bonds is 41. The Labute approximate surface area is 317 Å². The molecule has 1 aliphatic heterocycles. The van der Waals surface area contributed by atoms with Gasteiger partial charge in [0.15, 0.2) is 5.79 Å². The lowest BCUT2D eigenvalue weighted by Gasteiger charge is -2.29. The lowest BCUT2D eigenvalue weighted by molar-refractivity contribution is -0.180. The maximum atomic E-state index is 6.72. The Morgan fingerprint density at radius 1 is 0.400 bits per heavy atom. The first-order valence-corrected chi connectivity index (χ1v) is 23.6. The van der Waals surface area contributed by atoms with Crippen LogP contribution in [0.3, 0.4) is 0 Å². The molecule has 1 fully saturated rings. The van der Waals surface area contributed by atoms with Crippen LogP contribution in [-0.2, 0) is 9.47 Å². The molecule has 0 radical (unpaired) electrons. The molecule has 1 saturated heterocycles. The summed E-state index contributed by atoms with van der Waals surface area (Å²) in [6.45, 7) is 6.50. The van der Waals surface area contributed by atoms with E-state index < -0.39 is 0 Å². The predicted octanol–water partition coefficient (Wildman–Crippen LogP) is 15.9. The van der Waals surface area contributed by atoms with Gasteiger partial charge in [-0.15, -0.1) is 0 Å². The Balaban J connectivity index is 2.04. The summed E-state index contributed by atoms with van der Waals surface area (Å²) in [5.41, 5.74) is 0. The standard InChI is InChI=1S/C47H95NO2/c1-5-7-9-11-13-15-17-19-21-23-25-27-29-31-33-35-37-39-42-47(49-45-46(50-47)41-44-48(3)4)43-40-38-36-34-32-30-28-26-24-22-20-18-16-14-12-10-8-6-2/h46H,5-45H2,1-4H3. The van der Waals surface area contributed by atoms with Crippen molar-refractivity contribution < 1.29 is 9.47 Å². The molecule has 1 unspecified atom stereocenters. The molecule has 0 spiro atoms. The summed E-state index contributed by atoms with van der Waals surface area (Å²) in [4.78, 5) is 2.28. The Morgan fingerprint density at radius 2 is 0.660 bits per heavy atom. The third-order valence-electron chi connectivity index (χ3n) is 11.6. The summed E-state index contributed by atoms with van der Waals surface area (Å²) in [5, 5.41) is 0. The Hall–Kier alpha value is -0.120. The second-order valence-electron chi connectivity index (χ2n) is 17.1.